The number of imide groups is 1. The van der Waals surface area contributed by atoms with Gasteiger partial charge >= 0.3 is 0 Å². The van der Waals surface area contributed by atoms with Crippen LogP contribution < -0.4 is 24.2 Å². The highest BCUT2D eigenvalue weighted by molar-refractivity contribution is 6.24. The molecule has 0 aliphatic carbocycles. The summed E-state index contributed by atoms with van der Waals surface area (Å²) in [7, 11) is 4.29. The summed E-state index contributed by atoms with van der Waals surface area (Å²) in [6, 6.07) is 17.0. The van der Waals surface area contributed by atoms with Gasteiger partial charge in [-0.2, -0.15) is 0 Å². The fourth-order valence-corrected chi connectivity index (χ4v) is 4.79. The maximum absolute atomic E-state index is 13.8. The molecule has 0 unspecified atom stereocenters. The number of hydroxylamine groups is 1. The van der Waals surface area contributed by atoms with Crippen LogP contribution in [-0.4, -0.2) is 44.2 Å². The van der Waals surface area contributed by atoms with Gasteiger partial charge in [-0.1, -0.05) is 18.2 Å². The van der Waals surface area contributed by atoms with E-state index in [1.54, 1.807) is 54.6 Å². The van der Waals surface area contributed by atoms with Crippen molar-refractivity contribution >= 4 is 28.9 Å². The number of hydrogen-bond donors (Lipinski definition) is 0. The molecular weight excluding hydrogens is 482 g/mol. The Morgan fingerprint density at radius 3 is 2.08 bits per heavy atom. The zero-order valence-corrected chi connectivity index (χ0v) is 20.2. The van der Waals surface area contributed by atoms with Crippen LogP contribution in [0.15, 0.2) is 66.7 Å². The first kappa shape index (κ1) is 24.1. The summed E-state index contributed by atoms with van der Waals surface area (Å²) in [5, 5.41) is 13.5. The lowest BCUT2D eigenvalue weighted by atomic mass is 9.89. The van der Waals surface area contributed by atoms with E-state index in [9.17, 15) is 19.7 Å². The minimum atomic E-state index is -1.19. The number of nitrogens with zero attached hydrogens (tertiary/aromatic N) is 3. The summed E-state index contributed by atoms with van der Waals surface area (Å²) in [6.45, 7) is 0. The number of methoxy groups -OCH3 is 3. The van der Waals surface area contributed by atoms with Crippen molar-refractivity contribution in [3.05, 3.63) is 82.4 Å². The third kappa shape index (κ3) is 3.89. The number of anilines is 2. The second-order valence-corrected chi connectivity index (χ2v) is 8.39. The predicted molar refractivity (Wildman–Crippen MR) is 132 cm³/mol. The molecule has 0 spiro atoms. The molecule has 5 rings (SSSR count). The Morgan fingerprint density at radius 2 is 1.49 bits per heavy atom. The van der Waals surface area contributed by atoms with Crippen molar-refractivity contribution in [1.29, 1.82) is 0 Å². The van der Waals surface area contributed by atoms with Gasteiger partial charge in [0, 0.05) is 0 Å². The first-order valence-electron chi connectivity index (χ1n) is 11.3. The lowest BCUT2D eigenvalue weighted by Gasteiger charge is -2.29. The number of rotatable bonds is 7. The van der Waals surface area contributed by atoms with Gasteiger partial charge in [0.05, 0.1) is 49.3 Å². The lowest BCUT2D eigenvalue weighted by Crippen LogP contribution is -2.37. The molecule has 11 nitrogen and oxygen atoms in total. The Bertz CT molecular complexity index is 1360. The zero-order chi connectivity index (χ0) is 26.3. The fraction of sp³-hybridized carbons (Fsp3) is 0.231. The number of benzene rings is 3. The zero-order valence-electron chi connectivity index (χ0n) is 20.2. The number of ether oxygens (including phenoxy) is 3. The molecule has 0 bridgehead atoms. The predicted octanol–water partition coefficient (Wildman–Crippen LogP) is 3.67. The van der Waals surface area contributed by atoms with Crippen molar-refractivity contribution in [3.63, 3.8) is 0 Å². The quantitative estimate of drug-likeness (QED) is 0.269. The van der Waals surface area contributed by atoms with Crippen molar-refractivity contribution in [2.45, 2.75) is 12.1 Å². The molecule has 3 aromatic rings. The number of nitro groups is 1. The van der Waals surface area contributed by atoms with Crippen molar-refractivity contribution in [2.24, 2.45) is 5.92 Å². The molecule has 2 fully saturated rings. The molecular formula is C26H23N3O8. The van der Waals surface area contributed by atoms with Crippen LogP contribution in [-0.2, 0) is 14.4 Å². The third-order valence-electron chi connectivity index (χ3n) is 6.50. The molecule has 2 aliphatic rings. The number of fused-ring (bicyclic) bond motifs is 1. The molecule has 37 heavy (non-hydrogen) atoms. The normalized spacial score (nSPS) is 20.7. The van der Waals surface area contributed by atoms with Crippen LogP contribution in [0.4, 0.5) is 17.1 Å². The Balaban J connectivity index is 1.66. The number of hydrogen-bond acceptors (Lipinski definition) is 9. The maximum atomic E-state index is 13.8. The molecule has 0 N–H and O–H groups in total. The summed E-state index contributed by atoms with van der Waals surface area (Å²) < 4.78 is 15.8. The van der Waals surface area contributed by atoms with Crippen molar-refractivity contribution in [3.8, 4) is 17.2 Å². The van der Waals surface area contributed by atoms with Gasteiger partial charge in [0.2, 0.25) is 5.91 Å². The van der Waals surface area contributed by atoms with E-state index in [2.05, 4.69) is 0 Å². The standard InChI is InChI=1S/C26H23N3O8/c1-34-17-11-9-15(10-12-17)27-25(30)22-23(18-13-20(35-2)21(36-3)14-19(18)29(32)33)28(37-24(22)26(27)31)16-7-5-4-6-8-16/h4-14,22-24H,1-3H3/t22-,23+,24+/m0/s1. The van der Waals surface area contributed by atoms with Crippen molar-refractivity contribution in [2.75, 3.05) is 31.3 Å². The van der Waals surface area contributed by atoms with Gasteiger partial charge in [0.15, 0.2) is 17.6 Å². The van der Waals surface area contributed by atoms with Crippen molar-refractivity contribution < 1.29 is 33.6 Å². The van der Waals surface area contributed by atoms with E-state index >= 15 is 0 Å². The van der Waals surface area contributed by atoms with Crippen LogP contribution in [0.1, 0.15) is 11.6 Å². The molecule has 190 valence electrons. The van der Waals surface area contributed by atoms with Gasteiger partial charge in [-0.05, 0) is 42.5 Å². The molecule has 2 heterocycles. The van der Waals surface area contributed by atoms with Gasteiger partial charge in [0.25, 0.3) is 11.6 Å². The topological polar surface area (TPSA) is 121 Å². The molecule has 0 saturated carbocycles. The Morgan fingerprint density at radius 1 is 0.838 bits per heavy atom. The van der Waals surface area contributed by atoms with Crippen LogP contribution in [0.5, 0.6) is 17.2 Å². The summed E-state index contributed by atoms with van der Waals surface area (Å²) in [6.07, 6.45) is -1.19. The largest absolute Gasteiger partial charge is 0.497 e. The molecule has 3 aromatic carbocycles. The number of carbonyl (C=O) groups excluding carboxylic acids is 2. The van der Waals surface area contributed by atoms with E-state index in [-0.39, 0.29) is 22.7 Å². The molecule has 3 atom stereocenters. The van der Waals surface area contributed by atoms with E-state index in [0.29, 0.717) is 17.1 Å². The first-order valence-corrected chi connectivity index (χ1v) is 11.3. The lowest BCUT2D eigenvalue weighted by molar-refractivity contribution is -0.385. The second-order valence-electron chi connectivity index (χ2n) is 8.39. The molecule has 2 saturated heterocycles. The van der Waals surface area contributed by atoms with E-state index < -0.39 is 34.8 Å². The third-order valence-corrected chi connectivity index (χ3v) is 6.50. The first-order chi connectivity index (χ1) is 17.9. The van der Waals surface area contributed by atoms with Gasteiger partial charge in [-0.25, -0.2) is 9.96 Å². The van der Waals surface area contributed by atoms with Crippen LogP contribution >= 0.6 is 0 Å². The van der Waals surface area contributed by atoms with Crippen LogP contribution in [0.25, 0.3) is 0 Å². The molecule has 0 aromatic heterocycles. The average Bonchev–Trinajstić information content (AvgIpc) is 3.43. The minimum Gasteiger partial charge on any atom is -0.497 e. The van der Waals surface area contributed by atoms with E-state index in [1.165, 1.54) is 38.5 Å². The number of nitro benzene ring substituents is 1. The Hall–Kier alpha value is -4.64. The minimum absolute atomic E-state index is 0.150. The highest BCUT2D eigenvalue weighted by Crippen LogP contribution is 2.51. The van der Waals surface area contributed by atoms with Crippen LogP contribution in [0.2, 0.25) is 0 Å². The number of para-hydroxylation sites is 1. The van der Waals surface area contributed by atoms with Crippen molar-refractivity contribution in [1.82, 2.24) is 0 Å². The van der Waals surface area contributed by atoms with Gasteiger partial charge in [-0.3, -0.25) is 24.5 Å². The highest BCUT2D eigenvalue weighted by Gasteiger charge is 2.61. The van der Waals surface area contributed by atoms with Crippen LogP contribution in [0.3, 0.4) is 0 Å². The van der Waals surface area contributed by atoms with Gasteiger partial charge < -0.3 is 14.2 Å². The van der Waals surface area contributed by atoms with E-state index in [4.69, 9.17) is 19.0 Å². The molecule has 2 aliphatic heterocycles. The van der Waals surface area contributed by atoms with E-state index in [1.807, 2.05) is 0 Å². The molecule has 11 heteroatoms. The smallest absolute Gasteiger partial charge is 0.278 e. The van der Waals surface area contributed by atoms with Gasteiger partial charge in [-0.15, -0.1) is 0 Å². The fourth-order valence-electron chi connectivity index (χ4n) is 4.79. The highest BCUT2D eigenvalue weighted by atomic mass is 16.7. The maximum Gasteiger partial charge on any atom is 0.278 e. The average molecular weight is 505 g/mol. The SMILES string of the molecule is COc1ccc(N2C(=O)[C@H]3[C@@H](c4cc(OC)c(OC)cc4[N+](=O)[O-])N(c4ccccc4)O[C@H]3C2=O)cc1. The number of amides is 2. The second kappa shape index (κ2) is 9.43. The Kier molecular flexibility index (Phi) is 6.14. The summed E-state index contributed by atoms with van der Waals surface area (Å²) in [4.78, 5) is 46.0. The monoisotopic (exact) mass is 505 g/mol. The van der Waals surface area contributed by atoms with E-state index in [0.717, 1.165) is 4.90 Å². The molecule has 0 radical (unpaired) electrons. The number of carbonyl (C=O) groups is 2. The summed E-state index contributed by atoms with van der Waals surface area (Å²) in [5.41, 5.74) is 0.732. The Labute approximate surface area is 211 Å². The summed E-state index contributed by atoms with van der Waals surface area (Å²) >= 11 is 0. The van der Waals surface area contributed by atoms with Gasteiger partial charge in [0.1, 0.15) is 17.7 Å². The molecule has 2 amide bonds. The summed E-state index contributed by atoms with van der Waals surface area (Å²) in [5.74, 6) is -1.20. The van der Waals surface area contributed by atoms with Crippen LogP contribution in [0, 0.1) is 16.0 Å².